The van der Waals surface area contributed by atoms with Crippen molar-refractivity contribution in [3.05, 3.63) is 18.3 Å². The molecule has 5 nitrogen and oxygen atoms in total. The van der Waals surface area contributed by atoms with Crippen molar-refractivity contribution in [2.45, 2.75) is 45.3 Å². The van der Waals surface area contributed by atoms with E-state index in [9.17, 15) is 0 Å². The maximum absolute atomic E-state index is 6.09. The van der Waals surface area contributed by atoms with Gasteiger partial charge in [0.1, 0.15) is 5.82 Å². The van der Waals surface area contributed by atoms with Crippen molar-refractivity contribution in [2.24, 2.45) is 0 Å². The molecular formula is C17H28BN3O2. The van der Waals surface area contributed by atoms with Gasteiger partial charge in [0.2, 0.25) is 0 Å². The van der Waals surface area contributed by atoms with Gasteiger partial charge in [-0.3, -0.25) is 0 Å². The van der Waals surface area contributed by atoms with Gasteiger partial charge >= 0.3 is 7.12 Å². The van der Waals surface area contributed by atoms with E-state index in [2.05, 4.69) is 61.7 Å². The molecule has 0 spiro atoms. The minimum Gasteiger partial charge on any atom is -0.399 e. The molecule has 2 saturated heterocycles. The molecule has 6 heteroatoms. The van der Waals surface area contributed by atoms with Crippen LogP contribution in [-0.4, -0.2) is 61.4 Å². The van der Waals surface area contributed by atoms with E-state index in [-0.39, 0.29) is 18.3 Å². The third kappa shape index (κ3) is 3.39. The Bertz CT molecular complexity index is 531. The minimum atomic E-state index is -0.336. The third-order valence-corrected chi connectivity index (χ3v) is 5.34. The van der Waals surface area contributed by atoms with Crippen LogP contribution in [0.2, 0.25) is 0 Å². The fourth-order valence-electron chi connectivity index (χ4n) is 2.98. The predicted octanol–water partition coefficient (Wildman–Crippen LogP) is 1.52. The quantitative estimate of drug-likeness (QED) is 0.773. The third-order valence-electron chi connectivity index (χ3n) is 5.34. The zero-order valence-corrected chi connectivity index (χ0v) is 15.0. The molecule has 0 aromatic carbocycles. The molecule has 2 fully saturated rings. The van der Waals surface area contributed by atoms with Gasteiger partial charge in [0.05, 0.1) is 11.2 Å². The monoisotopic (exact) mass is 317 g/mol. The Labute approximate surface area is 140 Å². The van der Waals surface area contributed by atoms with E-state index in [1.54, 1.807) is 0 Å². The lowest BCUT2D eigenvalue weighted by Crippen LogP contribution is -2.41. The van der Waals surface area contributed by atoms with Crippen molar-refractivity contribution in [3.8, 4) is 0 Å². The van der Waals surface area contributed by atoms with Gasteiger partial charge in [0.25, 0.3) is 0 Å². The molecule has 2 aliphatic rings. The predicted molar refractivity (Wildman–Crippen MR) is 94.3 cm³/mol. The van der Waals surface area contributed by atoms with Gasteiger partial charge in [-0.2, -0.15) is 0 Å². The number of hydrogen-bond acceptors (Lipinski definition) is 5. The number of likely N-dealkylation sites (N-methyl/N-ethyl adjacent to an activating group) is 1. The molecule has 1 aromatic heterocycles. The minimum absolute atomic E-state index is 0.314. The summed E-state index contributed by atoms with van der Waals surface area (Å²) in [6.45, 7) is 12.6. The van der Waals surface area contributed by atoms with Crippen LogP contribution in [0.5, 0.6) is 0 Å². The molecule has 3 rings (SSSR count). The van der Waals surface area contributed by atoms with Crippen LogP contribution in [-0.2, 0) is 9.31 Å². The molecule has 0 unspecified atom stereocenters. The lowest BCUT2D eigenvalue weighted by Gasteiger charge is -2.32. The van der Waals surface area contributed by atoms with Gasteiger partial charge in [-0.15, -0.1) is 0 Å². The molecule has 23 heavy (non-hydrogen) atoms. The fourth-order valence-corrected chi connectivity index (χ4v) is 2.98. The van der Waals surface area contributed by atoms with Gasteiger partial charge in [-0.25, -0.2) is 4.98 Å². The SMILES string of the molecule is CN1CCCN(c2ccc(B3OC(C)(C)C(C)(C)O3)cn2)CC1. The van der Waals surface area contributed by atoms with Crippen molar-refractivity contribution < 1.29 is 9.31 Å². The second-order valence-corrected chi connectivity index (χ2v) is 7.68. The van der Waals surface area contributed by atoms with Crippen LogP contribution in [0.25, 0.3) is 0 Å². The molecule has 0 atom stereocenters. The van der Waals surface area contributed by atoms with E-state index in [0.29, 0.717) is 0 Å². The lowest BCUT2D eigenvalue weighted by atomic mass is 9.80. The molecule has 0 saturated carbocycles. The first-order valence-electron chi connectivity index (χ1n) is 8.54. The Morgan fingerprint density at radius 3 is 2.30 bits per heavy atom. The van der Waals surface area contributed by atoms with Crippen molar-refractivity contribution in [3.63, 3.8) is 0 Å². The highest BCUT2D eigenvalue weighted by Gasteiger charge is 2.51. The van der Waals surface area contributed by atoms with E-state index < -0.39 is 0 Å². The van der Waals surface area contributed by atoms with Gasteiger partial charge in [0, 0.05) is 31.3 Å². The molecule has 2 aliphatic heterocycles. The second-order valence-electron chi connectivity index (χ2n) is 7.68. The van der Waals surface area contributed by atoms with Gasteiger partial charge in [0.15, 0.2) is 0 Å². The number of aromatic nitrogens is 1. The molecule has 0 amide bonds. The number of rotatable bonds is 2. The summed E-state index contributed by atoms with van der Waals surface area (Å²) in [6, 6.07) is 4.17. The first-order valence-corrected chi connectivity index (χ1v) is 8.54. The van der Waals surface area contributed by atoms with Gasteiger partial charge in [-0.1, -0.05) is 6.07 Å². The summed E-state index contributed by atoms with van der Waals surface area (Å²) < 4.78 is 12.2. The standard InChI is InChI=1S/C17H28BN3O2/c1-16(2)17(3,4)23-18(22-16)14-7-8-15(19-13-14)21-10-6-9-20(5)11-12-21/h7-8,13H,6,9-12H2,1-5H3. The summed E-state index contributed by atoms with van der Waals surface area (Å²) in [7, 11) is 1.84. The van der Waals surface area contributed by atoms with E-state index in [1.807, 2.05) is 6.20 Å². The molecular weight excluding hydrogens is 289 g/mol. The Hall–Kier alpha value is -1.11. The topological polar surface area (TPSA) is 37.8 Å². The Morgan fingerprint density at radius 1 is 1.00 bits per heavy atom. The maximum atomic E-state index is 6.09. The van der Waals surface area contributed by atoms with Crippen molar-refractivity contribution in [1.29, 1.82) is 0 Å². The normalized spacial score (nSPS) is 24.7. The Kier molecular flexibility index (Phi) is 4.42. The molecule has 0 bridgehead atoms. The molecule has 126 valence electrons. The van der Waals surface area contributed by atoms with E-state index >= 15 is 0 Å². The van der Waals surface area contributed by atoms with E-state index in [1.165, 1.54) is 6.42 Å². The average molecular weight is 317 g/mol. The van der Waals surface area contributed by atoms with Crippen LogP contribution in [0.4, 0.5) is 5.82 Å². The summed E-state index contributed by atoms with van der Waals surface area (Å²) in [4.78, 5) is 9.39. The highest BCUT2D eigenvalue weighted by molar-refractivity contribution is 6.62. The Morgan fingerprint density at radius 2 is 1.70 bits per heavy atom. The maximum Gasteiger partial charge on any atom is 0.496 e. The highest BCUT2D eigenvalue weighted by atomic mass is 16.7. The van der Waals surface area contributed by atoms with Crippen molar-refractivity contribution >= 4 is 18.4 Å². The molecule has 0 radical (unpaired) electrons. The average Bonchev–Trinajstić information content (AvgIpc) is 2.64. The van der Waals surface area contributed by atoms with Crippen molar-refractivity contribution in [1.82, 2.24) is 9.88 Å². The molecule has 0 N–H and O–H groups in total. The van der Waals surface area contributed by atoms with Crippen LogP contribution < -0.4 is 10.4 Å². The van der Waals surface area contributed by atoms with E-state index in [0.717, 1.165) is 37.5 Å². The number of nitrogens with zero attached hydrogens (tertiary/aromatic N) is 3. The Balaban J connectivity index is 1.70. The van der Waals surface area contributed by atoms with Gasteiger partial charge in [-0.05, 0) is 53.8 Å². The zero-order chi connectivity index (χ0) is 16.7. The highest BCUT2D eigenvalue weighted by Crippen LogP contribution is 2.36. The van der Waals surface area contributed by atoms with Crippen LogP contribution in [0.15, 0.2) is 18.3 Å². The number of hydrogen-bond donors (Lipinski definition) is 0. The largest absolute Gasteiger partial charge is 0.496 e. The van der Waals surface area contributed by atoms with Crippen LogP contribution in [0.3, 0.4) is 0 Å². The molecule has 3 heterocycles. The van der Waals surface area contributed by atoms with Crippen LogP contribution in [0, 0.1) is 0 Å². The lowest BCUT2D eigenvalue weighted by molar-refractivity contribution is 0.00578. The fraction of sp³-hybridized carbons (Fsp3) is 0.706. The summed E-state index contributed by atoms with van der Waals surface area (Å²) in [5, 5.41) is 0. The van der Waals surface area contributed by atoms with Crippen LogP contribution >= 0.6 is 0 Å². The zero-order valence-electron chi connectivity index (χ0n) is 15.0. The summed E-state index contributed by atoms with van der Waals surface area (Å²) in [5.41, 5.74) is 0.358. The first-order chi connectivity index (χ1) is 10.8. The smallest absolute Gasteiger partial charge is 0.399 e. The summed E-state index contributed by atoms with van der Waals surface area (Å²) in [6.07, 6.45) is 3.07. The summed E-state index contributed by atoms with van der Waals surface area (Å²) >= 11 is 0. The molecule has 1 aromatic rings. The number of anilines is 1. The summed E-state index contributed by atoms with van der Waals surface area (Å²) in [5.74, 6) is 1.04. The van der Waals surface area contributed by atoms with Gasteiger partial charge < -0.3 is 19.1 Å². The van der Waals surface area contributed by atoms with E-state index in [4.69, 9.17) is 9.31 Å². The first kappa shape index (κ1) is 16.7. The van der Waals surface area contributed by atoms with Crippen LogP contribution in [0.1, 0.15) is 34.1 Å². The second kappa shape index (κ2) is 6.08. The number of pyridine rings is 1. The van der Waals surface area contributed by atoms with Crippen molar-refractivity contribution in [2.75, 3.05) is 38.1 Å². The molecule has 0 aliphatic carbocycles.